The van der Waals surface area contributed by atoms with E-state index in [9.17, 15) is 9.59 Å². The van der Waals surface area contributed by atoms with Gasteiger partial charge in [0.25, 0.3) is 0 Å². The van der Waals surface area contributed by atoms with Gasteiger partial charge in [0.05, 0.1) is 5.69 Å². The highest BCUT2D eigenvalue weighted by Gasteiger charge is 2.25. The highest BCUT2D eigenvalue weighted by atomic mass is 32.1. The molecule has 0 atom stereocenters. The van der Waals surface area contributed by atoms with E-state index in [2.05, 4.69) is 4.98 Å². The molecule has 2 rings (SSSR count). The number of benzene rings is 1. The summed E-state index contributed by atoms with van der Waals surface area (Å²) in [5.74, 6) is 0. The minimum absolute atomic E-state index is 0.359. The van der Waals surface area contributed by atoms with Crippen molar-refractivity contribution >= 4 is 40.0 Å². The predicted molar refractivity (Wildman–Crippen MR) is 125 cm³/mol. The Bertz CT molecular complexity index is 897. The number of amides is 2. The fraction of sp³-hybridized carbons (Fsp3) is 0.500. The van der Waals surface area contributed by atoms with Gasteiger partial charge in [0.2, 0.25) is 0 Å². The van der Waals surface area contributed by atoms with Crippen LogP contribution in [-0.4, -0.2) is 42.0 Å². The Balaban J connectivity index is 2.12. The summed E-state index contributed by atoms with van der Waals surface area (Å²) in [7, 11) is 1.62. The van der Waals surface area contributed by atoms with Gasteiger partial charge in [0.15, 0.2) is 5.13 Å². The van der Waals surface area contributed by atoms with E-state index in [4.69, 9.17) is 15.2 Å². The molecule has 0 aliphatic heterocycles. The molecular formula is C22H32N4O4S. The first-order valence-corrected chi connectivity index (χ1v) is 10.9. The van der Waals surface area contributed by atoms with Gasteiger partial charge in [-0.15, -0.1) is 11.3 Å². The molecule has 2 N–H and O–H groups in total. The van der Waals surface area contributed by atoms with Crippen LogP contribution in [0, 0.1) is 0 Å². The molecule has 0 unspecified atom stereocenters. The Kier molecular flexibility index (Phi) is 7.54. The number of nitrogen functional groups attached to an aromatic ring is 1. The monoisotopic (exact) mass is 448 g/mol. The van der Waals surface area contributed by atoms with E-state index < -0.39 is 23.4 Å². The van der Waals surface area contributed by atoms with Crippen molar-refractivity contribution in [2.75, 3.05) is 29.1 Å². The van der Waals surface area contributed by atoms with Gasteiger partial charge in [0, 0.05) is 36.8 Å². The van der Waals surface area contributed by atoms with Crippen LogP contribution in [0.1, 0.15) is 47.2 Å². The molecule has 1 aromatic carbocycles. The van der Waals surface area contributed by atoms with Crippen LogP contribution in [0.2, 0.25) is 0 Å². The Morgan fingerprint density at radius 3 is 2.10 bits per heavy atom. The summed E-state index contributed by atoms with van der Waals surface area (Å²) in [5, 5.41) is 2.40. The van der Waals surface area contributed by atoms with Crippen LogP contribution in [0.15, 0.2) is 29.6 Å². The number of anilines is 3. The summed E-state index contributed by atoms with van der Waals surface area (Å²) in [5.41, 5.74) is 6.64. The number of carbonyl (C=O) groups is 2. The zero-order chi connectivity index (χ0) is 23.4. The molecule has 0 saturated carbocycles. The molecular weight excluding hydrogens is 416 g/mol. The summed E-state index contributed by atoms with van der Waals surface area (Å²) in [4.78, 5) is 32.5. The van der Waals surface area contributed by atoms with Crippen molar-refractivity contribution in [1.29, 1.82) is 0 Å². The van der Waals surface area contributed by atoms with Gasteiger partial charge in [-0.1, -0.05) is 0 Å². The standard InChI is InChI=1S/C22H32N4O4S/c1-21(2,3)29-19(27)25(7)18-24-16(14-31-18)12-13-26(20(28)30-22(4,5)6)17-10-8-15(23)9-11-17/h8-11,14H,12-13,23H2,1-7H3. The quantitative estimate of drug-likeness (QED) is 0.641. The minimum atomic E-state index is -0.618. The normalized spacial score (nSPS) is 11.7. The lowest BCUT2D eigenvalue weighted by Crippen LogP contribution is -2.38. The van der Waals surface area contributed by atoms with Crippen LogP contribution in [0.4, 0.5) is 26.1 Å². The number of carbonyl (C=O) groups excluding carboxylic acids is 2. The molecule has 1 aromatic heterocycles. The molecule has 0 spiro atoms. The highest BCUT2D eigenvalue weighted by molar-refractivity contribution is 7.14. The number of rotatable bonds is 5. The first kappa shape index (κ1) is 24.5. The number of hydrogen-bond acceptors (Lipinski definition) is 7. The van der Waals surface area contributed by atoms with Crippen molar-refractivity contribution in [2.45, 2.75) is 59.2 Å². The molecule has 2 amide bonds. The molecule has 2 aromatic rings. The minimum Gasteiger partial charge on any atom is -0.443 e. The number of ether oxygens (including phenoxy) is 2. The number of aromatic nitrogens is 1. The van der Waals surface area contributed by atoms with Gasteiger partial charge >= 0.3 is 12.2 Å². The predicted octanol–water partition coefficient (Wildman–Crippen LogP) is 5.08. The second-order valence-corrected chi connectivity index (χ2v) is 9.97. The summed E-state index contributed by atoms with van der Waals surface area (Å²) in [6.45, 7) is 11.3. The van der Waals surface area contributed by atoms with Crippen LogP contribution >= 0.6 is 11.3 Å². The molecule has 0 fully saturated rings. The number of hydrogen-bond donors (Lipinski definition) is 1. The van der Waals surface area contributed by atoms with Crippen LogP contribution in [0.25, 0.3) is 0 Å². The average molecular weight is 449 g/mol. The fourth-order valence-electron chi connectivity index (χ4n) is 2.50. The molecule has 0 aliphatic carbocycles. The highest BCUT2D eigenvalue weighted by Crippen LogP contribution is 2.24. The van der Waals surface area contributed by atoms with Gasteiger partial charge < -0.3 is 15.2 Å². The lowest BCUT2D eigenvalue weighted by molar-refractivity contribution is 0.0574. The largest absolute Gasteiger partial charge is 0.443 e. The third kappa shape index (κ3) is 7.75. The van der Waals surface area contributed by atoms with Crippen molar-refractivity contribution in [2.24, 2.45) is 0 Å². The Morgan fingerprint density at radius 1 is 1.00 bits per heavy atom. The van der Waals surface area contributed by atoms with E-state index in [1.165, 1.54) is 16.2 Å². The van der Waals surface area contributed by atoms with Crippen molar-refractivity contribution in [3.8, 4) is 0 Å². The SMILES string of the molecule is CN(C(=O)OC(C)(C)C)c1nc(CCN(C(=O)OC(C)(C)C)c2ccc(N)cc2)cs1. The number of thiazole rings is 1. The van der Waals surface area contributed by atoms with Crippen molar-refractivity contribution in [1.82, 2.24) is 4.98 Å². The molecule has 170 valence electrons. The molecule has 0 bridgehead atoms. The van der Waals surface area contributed by atoms with E-state index >= 15 is 0 Å². The summed E-state index contributed by atoms with van der Waals surface area (Å²) < 4.78 is 10.9. The Hall–Kier alpha value is -2.81. The van der Waals surface area contributed by atoms with E-state index in [0.717, 1.165) is 5.69 Å². The molecule has 8 nitrogen and oxygen atoms in total. The maximum atomic E-state index is 12.8. The molecule has 1 heterocycles. The topological polar surface area (TPSA) is 98.0 Å². The zero-order valence-corrected chi connectivity index (χ0v) is 20.1. The lowest BCUT2D eigenvalue weighted by Gasteiger charge is -2.27. The summed E-state index contributed by atoms with van der Waals surface area (Å²) >= 11 is 1.34. The zero-order valence-electron chi connectivity index (χ0n) is 19.3. The fourth-order valence-corrected chi connectivity index (χ4v) is 3.31. The molecule has 0 aliphatic rings. The molecule has 0 saturated heterocycles. The van der Waals surface area contributed by atoms with Gasteiger partial charge in [0.1, 0.15) is 11.2 Å². The van der Waals surface area contributed by atoms with Crippen molar-refractivity contribution < 1.29 is 19.1 Å². The van der Waals surface area contributed by atoms with Crippen LogP contribution in [0.3, 0.4) is 0 Å². The third-order valence-electron chi connectivity index (χ3n) is 3.90. The Morgan fingerprint density at radius 2 is 1.55 bits per heavy atom. The lowest BCUT2D eigenvalue weighted by atomic mass is 10.2. The van der Waals surface area contributed by atoms with Crippen LogP contribution < -0.4 is 15.5 Å². The first-order valence-electron chi connectivity index (χ1n) is 10.0. The van der Waals surface area contributed by atoms with Gasteiger partial charge in [-0.25, -0.2) is 14.6 Å². The van der Waals surface area contributed by atoms with E-state index in [0.29, 0.717) is 29.5 Å². The molecule has 31 heavy (non-hydrogen) atoms. The Labute approximate surface area is 188 Å². The van der Waals surface area contributed by atoms with Gasteiger partial charge in [-0.05, 0) is 65.8 Å². The van der Waals surface area contributed by atoms with Crippen LogP contribution in [0.5, 0.6) is 0 Å². The number of nitrogens with two attached hydrogens (primary N) is 1. The second-order valence-electron chi connectivity index (χ2n) is 9.13. The van der Waals surface area contributed by atoms with E-state index in [-0.39, 0.29) is 0 Å². The van der Waals surface area contributed by atoms with Gasteiger partial charge in [-0.3, -0.25) is 9.80 Å². The van der Waals surface area contributed by atoms with E-state index in [1.807, 2.05) is 46.9 Å². The number of nitrogens with zero attached hydrogens (tertiary/aromatic N) is 3. The second kappa shape index (κ2) is 9.55. The molecule has 9 heteroatoms. The van der Waals surface area contributed by atoms with Gasteiger partial charge in [-0.2, -0.15) is 0 Å². The maximum absolute atomic E-state index is 12.8. The average Bonchev–Trinajstić information content (AvgIpc) is 3.08. The van der Waals surface area contributed by atoms with Crippen molar-refractivity contribution in [3.63, 3.8) is 0 Å². The summed E-state index contributed by atoms with van der Waals surface area (Å²) in [6.07, 6.45) is -0.424. The van der Waals surface area contributed by atoms with Crippen molar-refractivity contribution in [3.05, 3.63) is 35.3 Å². The third-order valence-corrected chi connectivity index (χ3v) is 4.87. The smallest absolute Gasteiger partial charge is 0.416 e. The van der Waals surface area contributed by atoms with Crippen LogP contribution in [-0.2, 0) is 15.9 Å². The maximum Gasteiger partial charge on any atom is 0.416 e. The molecule has 0 radical (unpaired) electrons. The van der Waals surface area contributed by atoms with E-state index in [1.54, 1.807) is 36.2 Å². The first-order chi connectivity index (χ1) is 14.2. The summed E-state index contributed by atoms with van der Waals surface area (Å²) in [6, 6.07) is 7.04.